The van der Waals surface area contributed by atoms with E-state index in [4.69, 9.17) is 11.6 Å². The van der Waals surface area contributed by atoms with E-state index >= 15 is 0 Å². The number of phenols is 2. The number of benzene rings is 1. The third-order valence-corrected chi connectivity index (χ3v) is 5.38. The zero-order chi connectivity index (χ0) is 18.5. The zero-order valence-electron chi connectivity index (χ0n) is 16.2. The highest BCUT2D eigenvalue weighted by Gasteiger charge is 2.17. The number of aromatic hydroxyl groups is 2. The van der Waals surface area contributed by atoms with Crippen LogP contribution in [0.25, 0.3) is 0 Å². The second-order valence-corrected chi connectivity index (χ2v) is 7.73. The summed E-state index contributed by atoms with van der Waals surface area (Å²) in [5, 5.41) is 20.2. The first-order chi connectivity index (χ1) is 12.1. The molecule has 0 radical (unpaired) electrons. The van der Waals surface area contributed by atoms with Crippen molar-refractivity contribution in [3.63, 3.8) is 0 Å². The summed E-state index contributed by atoms with van der Waals surface area (Å²) in [6.45, 7) is 4.43. The maximum absolute atomic E-state index is 10.2. The average Bonchev–Trinajstić information content (AvgIpc) is 2.59. The van der Waals surface area contributed by atoms with E-state index < -0.39 is 0 Å². The summed E-state index contributed by atoms with van der Waals surface area (Å²) < 4.78 is 0. The summed E-state index contributed by atoms with van der Waals surface area (Å²) >= 11 is 5.87. The molecule has 2 N–H and O–H groups in total. The molecule has 0 amide bonds. The Morgan fingerprint density at radius 3 is 1.84 bits per heavy atom. The standard InChI is InChI=1S/C22H37ClO2/c1-3-5-6-7-8-9-10-11-12-13-15-18(14-4-2)19-16-22(25)20(23)17-21(19)24/h16-18,24-25H,3-15H2,1-2H3. The highest BCUT2D eigenvalue weighted by atomic mass is 35.5. The summed E-state index contributed by atoms with van der Waals surface area (Å²) in [6.07, 6.45) is 16.5. The lowest BCUT2D eigenvalue weighted by molar-refractivity contribution is 0.435. The van der Waals surface area contributed by atoms with Crippen molar-refractivity contribution in [1.29, 1.82) is 0 Å². The van der Waals surface area contributed by atoms with Gasteiger partial charge in [0.25, 0.3) is 0 Å². The van der Waals surface area contributed by atoms with Crippen LogP contribution in [0.1, 0.15) is 109 Å². The second kappa shape index (κ2) is 13.3. The number of rotatable bonds is 14. The summed E-state index contributed by atoms with van der Waals surface area (Å²) in [4.78, 5) is 0. The van der Waals surface area contributed by atoms with E-state index in [1.54, 1.807) is 6.07 Å². The van der Waals surface area contributed by atoms with E-state index in [2.05, 4.69) is 13.8 Å². The first-order valence-electron chi connectivity index (χ1n) is 10.3. The Morgan fingerprint density at radius 1 is 0.720 bits per heavy atom. The molecule has 0 saturated carbocycles. The van der Waals surface area contributed by atoms with Gasteiger partial charge in [0.1, 0.15) is 11.5 Å². The van der Waals surface area contributed by atoms with Crippen molar-refractivity contribution in [3.8, 4) is 11.5 Å². The van der Waals surface area contributed by atoms with Crippen LogP contribution in [0.3, 0.4) is 0 Å². The molecular weight excluding hydrogens is 332 g/mol. The quantitative estimate of drug-likeness (QED) is 0.258. The van der Waals surface area contributed by atoms with Crippen molar-refractivity contribution in [1.82, 2.24) is 0 Å². The number of unbranched alkanes of at least 4 members (excludes halogenated alkanes) is 9. The lowest BCUT2D eigenvalue weighted by Gasteiger charge is -2.18. The second-order valence-electron chi connectivity index (χ2n) is 7.32. The van der Waals surface area contributed by atoms with Crippen molar-refractivity contribution in [2.45, 2.75) is 103 Å². The summed E-state index contributed by atoms with van der Waals surface area (Å²) in [6, 6.07) is 3.11. The van der Waals surface area contributed by atoms with Crippen LogP contribution in [0.15, 0.2) is 12.1 Å². The third kappa shape index (κ3) is 8.85. The lowest BCUT2D eigenvalue weighted by Crippen LogP contribution is -2.00. The van der Waals surface area contributed by atoms with Crippen LogP contribution < -0.4 is 0 Å². The molecule has 0 aliphatic rings. The van der Waals surface area contributed by atoms with Crippen LogP contribution in [0.5, 0.6) is 11.5 Å². The minimum Gasteiger partial charge on any atom is -0.508 e. The van der Waals surface area contributed by atoms with Crippen LogP contribution >= 0.6 is 11.6 Å². The SMILES string of the molecule is CCCCCCCCCCCCC(CCC)c1cc(O)c(Cl)cc1O. The third-order valence-electron chi connectivity index (χ3n) is 5.08. The van der Waals surface area contributed by atoms with Gasteiger partial charge in [-0.25, -0.2) is 0 Å². The molecule has 0 saturated heterocycles. The van der Waals surface area contributed by atoms with Gasteiger partial charge in [-0.05, 0) is 24.8 Å². The fraction of sp³-hybridized carbons (Fsp3) is 0.727. The van der Waals surface area contributed by atoms with Gasteiger partial charge in [0.15, 0.2) is 0 Å². The predicted octanol–water partition coefficient (Wildman–Crippen LogP) is 7.95. The number of hydrogen-bond donors (Lipinski definition) is 2. The highest BCUT2D eigenvalue weighted by molar-refractivity contribution is 6.32. The molecular formula is C22H37ClO2. The fourth-order valence-corrected chi connectivity index (χ4v) is 3.73. The van der Waals surface area contributed by atoms with E-state index in [0.717, 1.165) is 24.8 Å². The largest absolute Gasteiger partial charge is 0.508 e. The van der Waals surface area contributed by atoms with E-state index in [9.17, 15) is 10.2 Å². The summed E-state index contributed by atoms with van der Waals surface area (Å²) in [7, 11) is 0. The first kappa shape index (κ1) is 22.2. The molecule has 1 unspecified atom stereocenters. The van der Waals surface area contributed by atoms with Crippen molar-refractivity contribution in [2.24, 2.45) is 0 Å². The van der Waals surface area contributed by atoms with Gasteiger partial charge in [0, 0.05) is 11.6 Å². The molecule has 0 aromatic heterocycles. The fourth-order valence-electron chi connectivity index (χ4n) is 3.58. The van der Waals surface area contributed by atoms with Gasteiger partial charge in [-0.15, -0.1) is 0 Å². The van der Waals surface area contributed by atoms with Crippen molar-refractivity contribution >= 4 is 11.6 Å². The van der Waals surface area contributed by atoms with Gasteiger partial charge < -0.3 is 10.2 Å². The minimum atomic E-state index is 0.0682. The zero-order valence-corrected chi connectivity index (χ0v) is 17.0. The molecule has 0 spiro atoms. The predicted molar refractivity (Wildman–Crippen MR) is 109 cm³/mol. The molecule has 144 valence electrons. The Labute approximate surface area is 159 Å². The number of hydrogen-bond acceptors (Lipinski definition) is 2. The van der Waals surface area contributed by atoms with E-state index in [1.807, 2.05) is 0 Å². The molecule has 2 nitrogen and oxygen atoms in total. The maximum Gasteiger partial charge on any atom is 0.134 e. The molecule has 3 heteroatoms. The summed E-state index contributed by atoms with van der Waals surface area (Å²) in [5.74, 6) is 0.592. The van der Waals surface area contributed by atoms with E-state index in [-0.39, 0.29) is 16.5 Å². The van der Waals surface area contributed by atoms with Crippen LogP contribution in [-0.4, -0.2) is 10.2 Å². The van der Waals surface area contributed by atoms with Crippen LogP contribution in [-0.2, 0) is 0 Å². The number of phenolic OH excluding ortho intramolecular Hbond substituents is 2. The van der Waals surface area contributed by atoms with Gasteiger partial charge in [0.05, 0.1) is 5.02 Å². The molecule has 1 atom stereocenters. The van der Waals surface area contributed by atoms with Crippen LogP contribution in [0.4, 0.5) is 0 Å². The minimum absolute atomic E-state index is 0.0682. The molecule has 1 aromatic rings. The first-order valence-corrected chi connectivity index (χ1v) is 10.7. The molecule has 1 aromatic carbocycles. The molecule has 0 heterocycles. The monoisotopic (exact) mass is 368 g/mol. The molecule has 25 heavy (non-hydrogen) atoms. The van der Waals surface area contributed by atoms with Gasteiger partial charge >= 0.3 is 0 Å². The molecule has 0 fully saturated rings. The smallest absolute Gasteiger partial charge is 0.134 e. The van der Waals surface area contributed by atoms with E-state index in [1.165, 1.54) is 70.3 Å². The topological polar surface area (TPSA) is 40.5 Å². The summed E-state index contributed by atoms with van der Waals surface area (Å²) in [5.41, 5.74) is 0.847. The Kier molecular flexibility index (Phi) is 11.8. The van der Waals surface area contributed by atoms with Gasteiger partial charge in [-0.1, -0.05) is 96.1 Å². The van der Waals surface area contributed by atoms with Crippen LogP contribution in [0, 0.1) is 0 Å². The van der Waals surface area contributed by atoms with Gasteiger partial charge in [0.2, 0.25) is 0 Å². The number of halogens is 1. The van der Waals surface area contributed by atoms with Crippen LogP contribution in [0.2, 0.25) is 5.02 Å². The Bertz CT molecular complexity index is 473. The Hall–Kier alpha value is -0.890. The highest BCUT2D eigenvalue weighted by Crippen LogP contribution is 2.39. The molecule has 0 bridgehead atoms. The average molecular weight is 369 g/mol. The Balaban J connectivity index is 2.29. The van der Waals surface area contributed by atoms with Gasteiger partial charge in [-0.2, -0.15) is 0 Å². The van der Waals surface area contributed by atoms with Gasteiger partial charge in [-0.3, -0.25) is 0 Å². The molecule has 0 aliphatic carbocycles. The van der Waals surface area contributed by atoms with Crippen molar-refractivity contribution < 1.29 is 10.2 Å². The normalized spacial score (nSPS) is 12.4. The lowest BCUT2D eigenvalue weighted by atomic mass is 9.88. The molecule has 1 rings (SSSR count). The van der Waals surface area contributed by atoms with Crippen molar-refractivity contribution in [3.05, 3.63) is 22.7 Å². The van der Waals surface area contributed by atoms with Crippen molar-refractivity contribution in [2.75, 3.05) is 0 Å². The van der Waals surface area contributed by atoms with E-state index in [0.29, 0.717) is 5.92 Å². The maximum atomic E-state index is 10.2. The Morgan fingerprint density at radius 2 is 1.28 bits per heavy atom. The molecule has 0 aliphatic heterocycles.